The average molecular weight is 430 g/mol. The van der Waals surface area contributed by atoms with Crippen LogP contribution in [0.3, 0.4) is 0 Å². The van der Waals surface area contributed by atoms with Gasteiger partial charge in [0.05, 0.1) is 38.3 Å². The van der Waals surface area contributed by atoms with Gasteiger partial charge in [0, 0.05) is 18.2 Å². The van der Waals surface area contributed by atoms with E-state index < -0.39 is 0 Å². The number of ketones is 2. The first-order valence-electron chi connectivity index (χ1n) is 9.95. The zero-order chi connectivity index (χ0) is 22.7. The number of hydrogen-bond donors (Lipinski definition) is 1. The van der Waals surface area contributed by atoms with Crippen LogP contribution in [0.15, 0.2) is 66.4 Å². The van der Waals surface area contributed by atoms with Gasteiger partial charge in [0.15, 0.2) is 11.5 Å². The van der Waals surface area contributed by atoms with Crippen molar-refractivity contribution in [3.05, 3.63) is 83.2 Å². The third-order valence-corrected chi connectivity index (χ3v) is 5.17. The van der Waals surface area contributed by atoms with Crippen LogP contribution >= 0.6 is 0 Å². The van der Waals surface area contributed by atoms with E-state index in [9.17, 15) is 9.59 Å². The highest BCUT2D eigenvalue weighted by molar-refractivity contribution is 6.23. The number of allylic oxidation sites excluding steroid dienone is 2. The second kappa shape index (κ2) is 8.93. The molecule has 4 rings (SSSR count). The van der Waals surface area contributed by atoms with Gasteiger partial charge >= 0.3 is 0 Å². The van der Waals surface area contributed by atoms with Gasteiger partial charge in [-0.25, -0.2) is 4.98 Å². The molecule has 0 spiro atoms. The van der Waals surface area contributed by atoms with E-state index in [4.69, 9.17) is 14.2 Å². The van der Waals surface area contributed by atoms with E-state index in [-0.39, 0.29) is 35.1 Å². The van der Waals surface area contributed by atoms with E-state index in [1.54, 1.807) is 24.3 Å². The van der Waals surface area contributed by atoms with Gasteiger partial charge in [0.2, 0.25) is 17.3 Å². The Morgan fingerprint density at radius 2 is 1.56 bits per heavy atom. The first-order chi connectivity index (χ1) is 15.5. The van der Waals surface area contributed by atoms with E-state index >= 15 is 0 Å². The molecule has 7 heteroatoms. The van der Waals surface area contributed by atoms with Gasteiger partial charge in [-0.05, 0) is 29.8 Å². The first kappa shape index (κ1) is 21.1. The smallest absolute Gasteiger partial charge is 0.211 e. The fourth-order valence-electron chi connectivity index (χ4n) is 3.58. The van der Waals surface area contributed by atoms with E-state index in [0.717, 1.165) is 11.1 Å². The van der Waals surface area contributed by atoms with Crippen molar-refractivity contribution in [2.24, 2.45) is 0 Å². The molecule has 1 heterocycles. The number of pyridine rings is 1. The molecule has 1 aliphatic carbocycles. The molecule has 0 atom stereocenters. The lowest BCUT2D eigenvalue weighted by atomic mass is 9.95. The summed E-state index contributed by atoms with van der Waals surface area (Å²) >= 11 is 0. The van der Waals surface area contributed by atoms with Gasteiger partial charge < -0.3 is 19.5 Å². The van der Waals surface area contributed by atoms with Crippen LogP contribution in [0.5, 0.6) is 17.2 Å². The summed E-state index contributed by atoms with van der Waals surface area (Å²) in [5, 5.41) is 3.06. The summed E-state index contributed by atoms with van der Waals surface area (Å²) in [6, 6.07) is 16.5. The van der Waals surface area contributed by atoms with E-state index in [1.165, 1.54) is 27.4 Å². The summed E-state index contributed by atoms with van der Waals surface area (Å²) < 4.78 is 16.1. The minimum absolute atomic E-state index is 0.162. The predicted molar refractivity (Wildman–Crippen MR) is 119 cm³/mol. The standard InChI is InChI=1S/C25H22N2O5/c1-30-21-11-15(12-22(31-2)25(21)32-3)14-26-19-13-20(28)23-17(24(19)29)9-10-18(27-23)16-7-5-4-6-8-16/h4-13,26H,14H2,1-3H3. The fraction of sp³-hybridized carbons (Fsp3) is 0.160. The Labute approximate surface area is 185 Å². The topological polar surface area (TPSA) is 86.8 Å². The van der Waals surface area contributed by atoms with Crippen LogP contribution in [0.2, 0.25) is 0 Å². The van der Waals surface area contributed by atoms with Crippen LogP contribution in [-0.2, 0) is 6.54 Å². The molecule has 7 nitrogen and oxygen atoms in total. The molecular formula is C25H22N2O5. The molecule has 1 aromatic heterocycles. The molecule has 0 unspecified atom stereocenters. The van der Waals surface area contributed by atoms with Crippen molar-refractivity contribution < 1.29 is 23.8 Å². The van der Waals surface area contributed by atoms with E-state index in [0.29, 0.717) is 22.9 Å². The maximum Gasteiger partial charge on any atom is 0.211 e. The molecule has 1 aliphatic rings. The molecule has 0 aliphatic heterocycles. The predicted octanol–water partition coefficient (Wildman–Crippen LogP) is 3.83. The summed E-state index contributed by atoms with van der Waals surface area (Å²) in [7, 11) is 4.60. The van der Waals surface area contributed by atoms with Crippen molar-refractivity contribution in [3.8, 4) is 28.5 Å². The van der Waals surface area contributed by atoms with Crippen molar-refractivity contribution >= 4 is 11.6 Å². The normalized spacial score (nSPS) is 12.7. The lowest BCUT2D eigenvalue weighted by molar-refractivity contribution is 0.0975. The van der Waals surface area contributed by atoms with Crippen molar-refractivity contribution in [3.63, 3.8) is 0 Å². The summed E-state index contributed by atoms with van der Waals surface area (Å²) in [4.78, 5) is 30.2. The number of ether oxygens (including phenoxy) is 3. The summed E-state index contributed by atoms with van der Waals surface area (Å²) in [6.45, 7) is 0.284. The van der Waals surface area contributed by atoms with Crippen molar-refractivity contribution in [2.45, 2.75) is 6.54 Å². The van der Waals surface area contributed by atoms with E-state index in [2.05, 4.69) is 10.3 Å². The zero-order valence-electron chi connectivity index (χ0n) is 18.0. The van der Waals surface area contributed by atoms with Crippen LogP contribution in [-0.4, -0.2) is 37.9 Å². The zero-order valence-corrected chi connectivity index (χ0v) is 18.0. The SMILES string of the molecule is COc1cc(CNC2=CC(=O)c3nc(-c4ccccc4)ccc3C2=O)cc(OC)c1OC. The third-order valence-electron chi connectivity index (χ3n) is 5.17. The van der Waals surface area contributed by atoms with Gasteiger partial charge in [-0.3, -0.25) is 9.59 Å². The van der Waals surface area contributed by atoms with Crippen LogP contribution in [0, 0.1) is 0 Å². The summed E-state index contributed by atoms with van der Waals surface area (Å²) in [5.41, 5.74) is 2.98. The Balaban J connectivity index is 1.57. The minimum Gasteiger partial charge on any atom is -0.493 e. The number of fused-ring (bicyclic) bond motifs is 1. The van der Waals surface area contributed by atoms with Crippen LogP contribution in [0.25, 0.3) is 11.3 Å². The maximum absolute atomic E-state index is 13.0. The monoisotopic (exact) mass is 430 g/mol. The molecule has 32 heavy (non-hydrogen) atoms. The van der Waals surface area contributed by atoms with E-state index in [1.807, 2.05) is 30.3 Å². The minimum atomic E-state index is -0.315. The number of carbonyl (C=O) groups excluding carboxylic acids is 2. The number of nitrogens with zero attached hydrogens (tertiary/aromatic N) is 1. The molecule has 0 saturated heterocycles. The molecule has 2 aromatic carbocycles. The quantitative estimate of drug-likeness (QED) is 0.610. The number of rotatable bonds is 7. The average Bonchev–Trinajstić information content (AvgIpc) is 2.84. The number of hydrogen-bond acceptors (Lipinski definition) is 7. The van der Waals surface area contributed by atoms with Gasteiger partial charge in [0.25, 0.3) is 0 Å². The highest BCUT2D eigenvalue weighted by atomic mass is 16.5. The second-order valence-electron chi connectivity index (χ2n) is 7.10. The van der Waals surface area contributed by atoms with Crippen LogP contribution < -0.4 is 19.5 Å². The maximum atomic E-state index is 13.0. The molecule has 1 N–H and O–H groups in total. The highest BCUT2D eigenvalue weighted by Gasteiger charge is 2.27. The lowest BCUT2D eigenvalue weighted by Crippen LogP contribution is -2.27. The summed E-state index contributed by atoms with van der Waals surface area (Å²) in [5.74, 6) is 0.901. The Hall–Kier alpha value is -4.13. The molecule has 3 aromatic rings. The number of aromatic nitrogens is 1. The molecule has 0 radical (unpaired) electrons. The second-order valence-corrected chi connectivity index (χ2v) is 7.10. The molecular weight excluding hydrogens is 408 g/mol. The Morgan fingerprint density at radius 1 is 0.875 bits per heavy atom. The first-order valence-corrected chi connectivity index (χ1v) is 9.95. The Bertz CT molecular complexity index is 1190. The molecule has 0 fully saturated rings. The number of nitrogens with one attached hydrogen (secondary N) is 1. The Morgan fingerprint density at radius 3 is 2.19 bits per heavy atom. The molecule has 0 bridgehead atoms. The highest BCUT2D eigenvalue weighted by Crippen LogP contribution is 2.38. The van der Waals surface area contributed by atoms with Gasteiger partial charge in [-0.1, -0.05) is 30.3 Å². The van der Waals surface area contributed by atoms with Crippen LogP contribution in [0.4, 0.5) is 0 Å². The third kappa shape index (κ3) is 3.92. The lowest BCUT2D eigenvalue weighted by Gasteiger charge is -2.18. The van der Waals surface area contributed by atoms with Crippen molar-refractivity contribution in [2.75, 3.05) is 21.3 Å². The summed E-state index contributed by atoms with van der Waals surface area (Å²) in [6.07, 6.45) is 1.30. The van der Waals surface area contributed by atoms with Crippen molar-refractivity contribution in [1.82, 2.24) is 10.3 Å². The number of carbonyl (C=O) groups is 2. The number of methoxy groups -OCH3 is 3. The largest absolute Gasteiger partial charge is 0.493 e. The van der Waals surface area contributed by atoms with Gasteiger partial charge in [0.1, 0.15) is 5.69 Å². The van der Waals surface area contributed by atoms with Gasteiger partial charge in [-0.15, -0.1) is 0 Å². The Kier molecular flexibility index (Phi) is 5.89. The van der Waals surface area contributed by atoms with Crippen LogP contribution in [0.1, 0.15) is 26.4 Å². The molecule has 0 amide bonds. The molecule has 0 saturated carbocycles. The molecule has 162 valence electrons. The number of Topliss-reactive ketones (excluding diaryl/α,β-unsaturated/α-hetero) is 1. The van der Waals surface area contributed by atoms with Crippen molar-refractivity contribution in [1.29, 1.82) is 0 Å². The number of benzene rings is 2. The van der Waals surface area contributed by atoms with Gasteiger partial charge in [-0.2, -0.15) is 0 Å². The fourth-order valence-corrected chi connectivity index (χ4v) is 3.58.